The number of carbonyl (C=O) groups is 2. The number of anilines is 1. The van der Waals surface area contributed by atoms with Crippen molar-refractivity contribution in [3.63, 3.8) is 0 Å². The van der Waals surface area contributed by atoms with E-state index in [-0.39, 0.29) is 47.0 Å². The number of pyridine rings is 1. The highest BCUT2D eigenvalue weighted by Crippen LogP contribution is 2.42. The maximum Gasteiger partial charge on any atom is 0.416 e. The Morgan fingerprint density at radius 2 is 1.88 bits per heavy atom. The van der Waals surface area contributed by atoms with Gasteiger partial charge in [-0.05, 0) is 42.5 Å². The van der Waals surface area contributed by atoms with E-state index >= 15 is 0 Å². The Kier molecular flexibility index (Phi) is 5.62. The molecule has 0 saturated heterocycles. The van der Waals surface area contributed by atoms with Crippen molar-refractivity contribution < 1.29 is 36.6 Å². The predicted octanol–water partition coefficient (Wildman–Crippen LogP) is 4.32. The number of fused-ring (bicyclic) bond motifs is 1. The number of hydrogen-bond donors (Lipinski definition) is 2. The number of amides is 2. The Labute approximate surface area is 184 Å². The van der Waals surface area contributed by atoms with E-state index in [9.17, 15) is 27.2 Å². The highest BCUT2D eigenvalue weighted by Gasteiger charge is 2.32. The predicted molar refractivity (Wildman–Crippen MR) is 108 cm³/mol. The molecule has 2 amide bonds. The van der Waals surface area contributed by atoms with Crippen LogP contribution >= 0.6 is 0 Å². The SMILES string of the molecule is NC(=O)c1cc(NC(=O)c2ccc(C(F)(F)F)cc2Oc2ccc(F)c3c2OCC3)ccn1. The van der Waals surface area contributed by atoms with Gasteiger partial charge in [-0.2, -0.15) is 13.2 Å². The van der Waals surface area contributed by atoms with E-state index in [0.29, 0.717) is 6.07 Å². The molecule has 0 spiro atoms. The van der Waals surface area contributed by atoms with Gasteiger partial charge in [0.15, 0.2) is 11.5 Å². The summed E-state index contributed by atoms with van der Waals surface area (Å²) in [6.45, 7) is 0.187. The van der Waals surface area contributed by atoms with Crippen molar-refractivity contribution in [1.29, 1.82) is 0 Å². The Morgan fingerprint density at radius 1 is 1.09 bits per heavy atom. The summed E-state index contributed by atoms with van der Waals surface area (Å²) in [7, 11) is 0. The van der Waals surface area contributed by atoms with Crippen LogP contribution in [0.3, 0.4) is 0 Å². The van der Waals surface area contributed by atoms with Gasteiger partial charge < -0.3 is 20.5 Å². The van der Waals surface area contributed by atoms with Gasteiger partial charge in [0.1, 0.15) is 17.3 Å². The minimum absolute atomic E-state index is 0.0304. The third-order valence-corrected chi connectivity index (χ3v) is 4.81. The van der Waals surface area contributed by atoms with Crippen molar-refractivity contribution in [2.75, 3.05) is 11.9 Å². The second kappa shape index (κ2) is 8.41. The number of hydrogen-bond acceptors (Lipinski definition) is 5. The molecule has 3 N–H and O–H groups in total. The molecule has 170 valence electrons. The molecule has 2 aromatic carbocycles. The lowest BCUT2D eigenvalue weighted by molar-refractivity contribution is -0.137. The molecule has 0 bridgehead atoms. The fraction of sp³-hybridized carbons (Fsp3) is 0.136. The largest absolute Gasteiger partial charge is 0.489 e. The molecule has 1 aliphatic heterocycles. The average molecular weight is 461 g/mol. The number of halogens is 4. The van der Waals surface area contributed by atoms with E-state index < -0.39 is 35.1 Å². The Bertz CT molecular complexity index is 1260. The van der Waals surface area contributed by atoms with E-state index in [2.05, 4.69) is 10.3 Å². The second-order valence-corrected chi connectivity index (χ2v) is 7.01. The molecule has 33 heavy (non-hydrogen) atoms. The van der Waals surface area contributed by atoms with Gasteiger partial charge in [0.25, 0.3) is 11.8 Å². The summed E-state index contributed by atoms with van der Waals surface area (Å²) in [6, 6.07) is 7.26. The van der Waals surface area contributed by atoms with Gasteiger partial charge in [0.2, 0.25) is 0 Å². The third-order valence-electron chi connectivity index (χ3n) is 4.81. The van der Waals surface area contributed by atoms with Crippen LogP contribution in [0, 0.1) is 5.82 Å². The van der Waals surface area contributed by atoms with Crippen molar-refractivity contribution >= 4 is 17.5 Å². The molecule has 3 aromatic rings. The zero-order chi connectivity index (χ0) is 23.8. The van der Waals surface area contributed by atoms with E-state index in [0.717, 1.165) is 18.2 Å². The van der Waals surface area contributed by atoms with Gasteiger partial charge in [-0.1, -0.05) is 0 Å². The first kappa shape index (κ1) is 22.1. The minimum Gasteiger partial charge on any atom is -0.489 e. The normalized spacial score (nSPS) is 12.6. The molecule has 0 atom stereocenters. The number of benzene rings is 2. The average Bonchev–Trinajstić information content (AvgIpc) is 3.26. The van der Waals surface area contributed by atoms with Crippen LogP contribution in [0.2, 0.25) is 0 Å². The van der Waals surface area contributed by atoms with Gasteiger partial charge in [0, 0.05) is 23.9 Å². The van der Waals surface area contributed by atoms with Crippen molar-refractivity contribution in [2.24, 2.45) is 5.73 Å². The first-order chi connectivity index (χ1) is 15.6. The summed E-state index contributed by atoms with van der Waals surface area (Å²) in [5, 5.41) is 2.46. The summed E-state index contributed by atoms with van der Waals surface area (Å²) in [5.41, 5.74) is 4.14. The number of nitrogens with two attached hydrogens (primary N) is 1. The molecule has 0 aliphatic carbocycles. The smallest absolute Gasteiger partial charge is 0.416 e. The topological polar surface area (TPSA) is 104 Å². The quantitative estimate of drug-likeness (QED) is 0.551. The Hall–Kier alpha value is -4.15. The molecule has 0 radical (unpaired) electrons. The number of nitrogens with one attached hydrogen (secondary N) is 1. The van der Waals surface area contributed by atoms with Gasteiger partial charge in [0.05, 0.1) is 17.7 Å². The van der Waals surface area contributed by atoms with Gasteiger partial charge in [-0.15, -0.1) is 0 Å². The molecule has 2 heterocycles. The third kappa shape index (κ3) is 4.56. The van der Waals surface area contributed by atoms with Crippen LogP contribution in [-0.2, 0) is 12.6 Å². The van der Waals surface area contributed by atoms with Crippen LogP contribution in [0.1, 0.15) is 32.0 Å². The summed E-state index contributed by atoms with van der Waals surface area (Å²) in [4.78, 5) is 27.9. The molecule has 1 aromatic heterocycles. The molecular weight excluding hydrogens is 446 g/mol. The van der Waals surface area contributed by atoms with Gasteiger partial charge in [-0.25, -0.2) is 4.39 Å². The van der Waals surface area contributed by atoms with Crippen molar-refractivity contribution in [3.05, 3.63) is 76.9 Å². The van der Waals surface area contributed by atoms with Crippen molar-refractivity contribution in [1.82, 2.24) is 4.98 Å². The molecule has 4 rings (SSSR count). The monoisotopic (exact) mass is 461 g/mol. The molecule has 1 aliphatic rings. The number of aromatic nitrogens is 1. The lowest BCUT2D eigenvalue weighted by Gasteiger charge is -2.16. The maximum atomic E-state index is 14.0. The standard InChI is InChI=1S/C22H15F4N3O4/c23-15-3-4-17(19-13(15)6-8-32-19)33-18-9-11(22(24,25)26)1-2-14(18)21(31)29-12-5-7-28-16(10-12)20(27)30/h1-5,7,9-10H,6,8H2,(H2,27,30)(H,28,29,31). The van der Waals surface area contributed by atoms with Crippen molar-refractivity contribution in [2.45, 2.75) is 12.6 Å². The number of carbonyl (C=O) groups excluding carboxylic acids is 2. The first-order valence-corrected chi connectivity index (χ1v) is 9.54. The van der Waals surface area contributed by atoms with E-state index in [1.165, 1.54) is 24.4 Å². The molecule has 11 heteroatoms. The lowest BCUT2D eigenvalue weighted by Crippen LogP contribution is -2.16. The maximum absolute atomic E-state index is 14.0. The summed E-state index contributed by atoms with van der Waals surface area (Å²) in [6.07, 6.45) is -3.19. The zero-order valence-electron chi connectivity index (χ0n) is 16.7. The summed E-state index contributed by atoms with van der Waals surface area (Å²) in [5.74, 6) is -2.55. The van der Waals surface area contributed by atoms with E-state index in [1.54, 1.807) is 0 Å². The van der Waals surface area contributed by atoms with Crippen LogP contribution in [0.5, 0.6) is 17.2 Å². The van der Waals surface area contributed by atoms with Crippen LogP contribution < -0.4 is 20.5 Å². The molecule has 0 fully saturated rings. The van der Waals surface area contributed by atoms with Gasteiger partial charge >= 0.3 is 6.18 Å². The zero-order valence-corrected chi connectivity index (χ0v) is 16.7. The van der Waals surface area contributed by atoms with Crippen molar-refractivity contribution in [3.8, 4) is 17.2 Å². The van der Waals surface area contributed by atoms with Crippen LogP contribution in [0.4, 0.5) is 23.2 Å². The Balaban J connectivity index is 1.71. The first-order valence-electron chi connectivity index (χ1n) is 9.54. The Morgan fingerprint density at radius 3 is 2.61 bits per heavy atom. The van der Waals surface area contributed by atoms with Crippen LogP contribution in [-0.4, -0.2) is 23.4 Å². The summed E-state index contributed by atoms with van der Waals surface area (Å²) < 4.78 is 64.9. The number of ether oxygens (including phenoxy) is 2. The number of primary amides is 1. The highest BCUT2D eigenvalue weighted by atomic mass is 19.4. The lowest BCUT2D eigenvalue weighted by atomic mass is 10.1. The molecule has 0 unspecified atom stereocenters. The molecule has 7 nitrogen and oxygen atoms in total. The van der Waals surface area contributed by atoms with Crippen LogP contribution in [0.15, 0.2) is 48.7 Å². The number of rotatable bonds is 5. The van der Waals surface area contributed by atoms with E-state index in [1.807, 2.05) is 0 Å². The second-order valence-electron chi connectivity index (χ2n) is 7.01. The number of nitrogens with zero attached hydrogens (tertiary/aromatic N) is 1. The summed E-state index contributed by atoms with van der Waals surface area (Å²) >= 11 is 0. The molecule has 0 saturated carbocycles. The highest BCUT2D eigenvalue weighted by molar-refractivity contribution is 6.06. The number of alkyl halides is 3. The molecular formula is C22H15F4N3O4. The van der Waals surface area contributed by atoms with Gasteiger partial charge in [-0.3, -0.25) is 14.6 Å². The van der Waals surface area contributed by atoms with E-state index in [4.69, 9.17) is 15.2 Å². The minimum atomic E-state index is -4.70. The fourth-order valence-corrected chi connectivity index (χ4v) is 3.24. The fourth-order valence-electron chi connectivity index (χ4n) is 3.24. The van der Waals surface area contributed by atoms with Crippen LogP contribution in [0.25, 0.3) is 0 Å².